The normalized spacial score (nSPS) is 21.8. The first-order valence-corrected chi connectivity index (χ1v) is 12.5. The van der Waals surface area contributed by atoms with Crippen LogP contribution in [0.4, 0.5) is 0 Å². The maximum absolute atomic E-state index is 10.7. The van der Waals surface area contributed by atoms with E-state index in [-0.39, 0.29) is 6.10 Å². The van der Waals surface area contributed by atoms with Crippen LogP contribution in [0.3, 0.4) is 0 Å². The minimum Gasteiger partial charge on any atom is -0.489 e. The van der Waals surface area contributed by atoms with Gasteiger partial charge in [-0.05, 0) is 91.4 Å². The van der Waals surface area contributed by atoms with E-state index in [1.165, 1.54) is 36.0 Å². The summed E-state index contributed by atoms with van der Waals surface area (Å²) in [6.45, 7) is 4.02. The van der Waals surface area contributed by atoms with Crippen molar-refractivity contribution in [2.45, 2.75) is 50.7 Å². The summed E-state index contributed by atoms with van der Waals surface area (Å²) >= 11 is 0. The standard InChI is InChI=1S/C30H35NO2/c32-30-20-24(10-11-27-8-4-5-9-29(27)30)21-31-18-16-26(17-19-31)25-12-14-28(15-13-25)33-22-23-6-2-1-3-7-23/h1-9,12-15,24,26,30,32H,10-11,16-22H2/t24-,30-/m1/s1. The highest BCUT2D eigenvalue weighted by atomic mass is 16.5. The Hall–Kier alpha value is -2.62. The molecule has 0 spiro atoms. The fraction of sp³-hybridized carbons (Fsp3) is 0.400. The smallest absolute Gasteiger partial charge is 0.119 e. The Morgan fingerprint density at radius 3 is 2.33 bits per heavy atom. The number of aliphatic hydroxyl groups excluding tert-OH is 1. The van der Waals surface area contributed by atoms with Crippen LogP contribution in [-0.2, 0) is 13.0 Å². The van der Waals surface area contributed by atoms with Gasteiger partial charge in [0.1, 0.15) is 12.4 Å². The molecular weight excluding hydrogens is 406 g/mol. The predicted octanol–water partition coefficient (Wildman–Crippen LogP) is 6.13. The molecule has 172 valence electrons. The van der Waals surface area contributed by atoms with Gasteiger partial charge in [0.15, 0.2) is 0 Å². The van der Waals surface area contributed by atoms with Crippen LogP contribution in [0.2, 0.25) is 0 Å². The summed E-state index contributed by atoms with van der Waals surface area (Å²) in [6.07, 6.45) is 5.26. The van der Waals surface area contributed by atoms with Crippen LogP contribution < -0.4 is 4.74 Å². The topological polar surface area (TPSA) is 32.7 Å². The fourth-order valence-electron chi connectivity index (χ4n) is 5.56. The van der Waals surface area contributed by atoms with Gasteiger partial charge in [0.2, 0.25) is 0 Å². The molecule has 3 nitrogen and oxygen atoms in total. The van der Waals surface area contributed by atoms with Crippen molar-refractivity contribution >= 4 is 0 Å². The van der Waals surface area contributed by atoms with Crippen LogP contribution in [0.25, 0.3) is 0 Å². The lowest BCUT2D eigenvalue weighted by atomic mass is 9.88. The molecule has 1 N–H and O–H groups in total. The van der Waals surface area contributed by atoms with Gasteiger partial charge in [-0.2, -0.15) is 0 Å². The van der Waals surface area contributed by atoms with Crippen molar-refractivity contribution in [3.63, 3.8) is 0 Å². The number of hydrogen-bond acceptors (Lipinski definition) is 3. The molecule has 1 aliphatic carbocycles. The average molecular weight is 442 g/mol. The monoisotopic (exact) mass is 441 g/mol. The van der Waals surface area contributed by atoms with Crippen molar-refractivity contribution in [1.82, 2.24) is 4.90 Å². The highest BCUT2D eigenvalue weighted by Gasteiger charge is 2.27. The number of ether oxygens (including phenoxy) is 1. The third-order valence-corrected chi connectivity index (χ3v) is 7.50. The quantitative estimate of drug-likeness (QED) is 0.467. The Balaban J connectivity index is 1.09. The van der Waals surface area contributed by atoms with E-state index >= 15 is 0 Å². The number of fused-ring (bicyclic) bond motifs is 1. The summed E-state index contributed by atoms with van der Waals surface area (Å²) in [5.41, 5.74) is 5.11. The van der Waals surface area contributed by atoms with Crippen molar-refractivity contribution in [1.29, 1.82) is 0 Å². The number of likely N-dealkylation sites (tertiary alicyclic amines) is 1. The van der Waals surface area contributed by atoms with E-state index in [1.807, 2.05) is 18.2 Å². The van der Waals surface area contributed by atoms with E-state index in [9.17, 15) is 5.11 Å². The van der Waals surface area contributed by atoms with Gasteiger partial charge in [0.25, 0.3) is 0 Å². The van der Waals surface area contributed by atoms with Crippen molar-refractivity contribution in [2.75, 3.05) is 19.6 Å². The summed E-state index contributed by atoms with van der Waals surface area (Å²) in [5, 5.41) is 10.7. The molecule has 0 unspecified atom stereocenters. The molecular formula is C30H35NO2. The first kappa shape index (κ1) is 22.2. The van der Waals surface area contributed by atoms with E-state index in [1.54, 1.807) is 0 Å². The molecule has 3 heteroatoms. The largest absolute Gasteiger partial charge is 0.489 e. The Morgan fingerprint density at radius 2 is 1.55 bits per heavy atom. The zero-order chi connectivity index (χ0) is 22.5. The van der Waals surface area contributed by atoms with Gasteiger partial charge < -0.3 is 14.7 Å². The SMILES string of the molecule is O[C@@H]1C[C@H](CN2CCC(c3ccc(OCc4ccccc4)cc3)CC2)CCc2ccccc21. The number of rotatable bonds is 6. The minimum atomic E-state index is -0.311. The first-order valence-electron chi connectivity index (χ1n) is 12.5. The second kappa shape index (κ2) is 10.5. The van der Waals surface area contributed by atoms with Crippen LogP contribution in [0.1, 0.15) is 60.0 Å². The number of hydrogen-bond donors (Lipinski definition) is 1. The van der Waals surface area contributed by atoms with Gasteiger partial charge in [0.05, 0.1) is 6.10 Å². The second-order valence-electron chi connectivity index (χ2n) is 9.77. The molecule has 0 radical (unpaired) electrons. The predicted molar refractivity (Wildman–Crippen MR) is 133 cm³/mol. The van der Waals surface area contributed by atoms with Crippen molar-refractivity contribution in [3.8, 4) is 5.75 Å². The Labute approximate surface area is 198 Å². The Morgan fingerprint density at radius 1 is 0.818 bits per heavy atom. The molecule has 3 aromatic rings. The van der Waals surface area contributed by atoms with E-state index in [0.29, 0.717) is 18.4 Å². The molecule has 0 bridgehead atoms. The highest BCUT2D eigenvalue weighted by Crippen LogP contribution is 2.34. The molecule has 2 aliphatic rings. The van der Waals surface area contributed by atoms with Crippen LogP contribution in [0, 0.1) is 5.92 Å². The maximum Gasteiger partial charge on any atom is 0.119 e. The fourth-order valence-corrected chi connectivity index (χ4v) is 5.56. The Kier molecular flexibility index (Phi) is 7.09. The summed E-state index contributed by atoms with van der Waals surface area (Å²) in [4.78, 5) is 2.63. The summed E-state index contributed by atoms with van der Waals surface area (Å²) in [7, 11) is 0. The number of nitrogens with zero attached hydrogens (tertiary/aromatic N) is 1. The summed E-state index contributed by atoms with van der Waals surface area (Å²) in [6, 6.07) is 27.5. The van der Waals surface area contributed by atoms with Gasteiger partial charge in [-0.15, -0.1) is 0 Å². The summed E-state index contributed by atoms with van der Waals surface area (Å²) in [5.74, 6) is 2.14. The third kappa shape index (κ3) is 5.66. The minimum absolute atomic E-state index is 0.311. The van der Waals surface area contributed by atoms with E-state index in [4.69, 9.17) is 4.74 Å². The lowest BCUT2D eigenvalue weighted by Crippen LogP contribution is -2.36. The molecule has 0 amide bonds. The van der Waals surface area contributed by atoms with Gasteiger partial charge in [0, 0.05) is 6.54 Å². The van der Waals surface area contributed by atoms with E-state index in [2.05, 4.69) is 65.6 Å². The number of aryl methyl sites for hydroxylation is 1. The zero-order valence-electron chi connectivity index (χ0n) is 19.4. The van der Waals surface area contributed by atoms with Crippen molar-refractivity contribution < 1.29 is 9.84 Å². The lowest BCUT2D eigenvalue weighted by Gasteiger charge is -2.34. The Bertz CT molecular complexity index is 1010. The van der Waals surface area contributed by atoms with Gasteiger partial charge in [-0.1, -0.05) is 66.7 Å². The van der Waals surface area contributed by atoms with Crippen LogP contribution in [0.5, 0.6) is 5.75 Å². The molecule has 5 rings (SSSR count). The third-order valence-electron chi connectivity index (χ3n) is 7.50. The van der Waals surface area contributed by atoms with Gasteiger partial charge in [-0.25, -0.2) is 0 Å². The molecule has 1 fully saturated rings. The van der Waals surface area contributed by atoms with E-state index in [0.717, 1.165) is 43.8 Å². The second-order valence-corrected chi connectivity index (χ2v) is 9.77. The highest BCUT2D eigenvalue weighted by molar-refractivity contribution is 5.31. The van der Waals surface area contributed by atoms with E-state index < -0.39 is 0 Å². The van der Waals surface area contributed by atoms with Crippen molar-refractivity contribution in [2.24, 2.45) is 5.92 Å². The molecule has 0 aromatic heterocycles. The molecule has 1 aliphatic heterocycles. The zero-order valence-corrected chi connectivity index (χ0v) is 19.4. The number of piperidine rings is 1. The summed E-state index contributed by atoms with van der Waals surface area (Å²) < 4.78 is 5.95. The van der Waals surface area contributed by atoms with Crippen LogP contribution in [0.15, 0.2) is 78.9 Å². The van der Waals surface area contributed by atoms with Crippen molar-refractivity contribution in [3.05, 3.63) is 101 Å². The van der Waals surface area contributed by atoms with Gasteiger partial charge >= 0.3 is 0 Å². The lowest BCUT2D eigenvalue weighted by molar-refractivity contribution is 0.117. The molecule has 1 saturated heterocycles. The first-order chi connectivity index (χ1) is 16.2. The van der Waals surface area contributed by atoms with Crippen LogP contribution >= 0.6 is 0 Å². The number of aliphatic hydroxyl groups is 1. The molecule has 33 heavy (non-hydrogen) atoms. The van der Waals surface area contributed by atoms with Gasteiger partial charge in [-0.3, -0.25) is 0 Å². The molecule has 2 atom stereocenters. The molecule has 0 saturated carbocycles. The molecule has 3 aromatic carbocycles. The molecule has 1 heterocycles. The maximum atomic E-state index is 10.7. The number of benzene rings is 3. The van der Waals surface area contributed by atoms with Crippen LogP contribution in [-0.4, -0.2) is 29.6 Å². The average Bonchev–Trinajstić information content (AvgIpc) is 3.03.